The van der Waals surface area contributed by atoms with Crippen molar-refractivity contribution in [3.05, 3.63) is 114 Å². The summed E-state index contributed by atoms with van der Waals surface area (Å²) in [4.78, 5) is 51.1. The summed E-state index contributed by atoms with van der Waals surface area (Å²) in [6, 6.07) is 9.75. The Kier molecular flexibility index (Phi) is 15.2. The van der Waals surface area contributed by atoms with Crippen LogP contribution in [0.4, 0.5) is 0 Å². The fourth-order valence-corrected chi connectivity index (χ4v) is 6.92. The van der Waals surface area contributed by atoms with Crippen molar-refractivity contribution in [1.29, 1.82) is 0 Å². The summed E-state index contributed by atoms with van der Waals surface area (Å²) in [7, 11) is 0. The molecule has 1 saturated carbocycles. The van der Waals surface area contributed by atoms with E-state index in [9.17, 15) is 51.8 Å². The molecule has 312 valence electrons. The Morgan fingerprint density at radius 2 is 1.25 bits per heavy atom. The second-order valence-corrected chi connectivity index (χ2v) is 13.3. The second kappa shape index (κ2) is 20.5. The van der Waals surface area contributed by atoms with Crippen molar-refractivity contribution >= 4 is 17.9 Å². The molecular weight excluding hydrogens is 784 g/mol. The molecule has 59 heavy (non-hydrogen) atoms. The number of aliphatic hydroxyl groups is 3. The molecule has 0 amide bonds. The highest BCUT2D eigenvalue weighted by Crippen LogP contribution is 2.39. The fraction of sp³-hybridized carbons (Fsp3) is 0.559. The molecule has 6 unspecified atom stereocenters. The molecule has 0 aromatic heterocycles. The predicted molar refractivity (Wildman–Crippen MR) is 195 cm³/mol. The summed E-state index contributed by atoms with van der Waals surface area (Å²) < 4.78 is 42.1. The third-order valence-corrected chi connectivity index (χ3v) is 9.63. The zero-order valence-electron chi connectivity index (χ0n) is 31.1. The minimum absolute atomic E-state index is 0.0483. The Labute approximate surface area is 333 Å². The molecule has 3 N–H and O–H groups in total. The van der Waals surface area contributed by atoms with Crippen LogP contribution >= 0.6 is 0 Å². The van der Waals surface area contributed by atoms with Gasteiger partial charge in [-0.1, -0.05) is 63.8 Å². The molecular formula is C34H38N12O13. The topological polar surface area (TPSA) is 372 Å². The van der Waals surface area contributed by atoms with Crippen LogP contribution in [0.3, 0.4) is 0 Å². The van der Waals surface area contributed by atoms with E-state index >= 15 is 0 Å². The minimum Gasteiger partial charge on any atom is -0.459 e. The lowest BCUT2D eigenvalue weighted by molar-refractivity contribution is -0.310. The van der Waals surface area contributed by atoms with Crippen molar-refractivity contribution in [2.75, 3.05) is 6.61 Å². The number of azide groups is 4. The van der Waals surface area contributed by atoms with Crippen LogP contribution in [-0.2, 0) is 38.0 Å². The van der Waals surface area contributed by atoms with Crippen LogP contribution in [0.15, 0.2) is 81.1 Å². The number of esters is 3. The van der Waals surface area contributed by atoms with Gasteiger partial charge in [-0.05, 0) is 52.8 Å². The van der Waals surface area contributed by atoms with Crippen molar-refractivity contribution in [2.24, 2.45) is 20.5 Å². The fourth-order valence-electron chi connectivity index (χ4n) is 6.92. The van der Waals surface area contributed by atoms with E-state index in [4.69, 9.17) is 33.2 Å². The molecule has 2 saturated heterocycles. The van der Waals surface area contributed by atoms with Gasteiger partial charge in [0, 0.05) is 26.6 Å². The standard InChI is InChI=1S/C34H38N12O13/c1-15(39-43-35)25-28(55-31(51)17-9-5-3-6-10-17)30(56-32(52)18-11-7-4-8-12-18)34(57-25)59-29-26(53-16(2)48)19(40-44-36)13-20(41-45-37)27(29)58-33-22(42-46-38)24(50)23(49)21(14-47)54-33/h3-12,15,19-30,33-34,47,49-50H,13-14H2,1-2H3/t15-,19+,20?,21?,22?,23+,24?,25+,26+,27+,28?,29?,30-,33+,34-/m0/s1. The van der Waals surface area contributed by atoms with Gasteiger partial charge in [0.25, 0.3) is 0 Å². The summed E-state index contributed by atoms with van der Waals surface area (Å²) in [6.45, 7) is 1.60. The zero-order chi connectivity index (χ0) is 42.6. The number of hydrogen-bond acceptors (Lipinski definition) is 17. The summed E-state index contributed by atoms with van der Waals surface area (Å²) >= 11 is 0. The average Bonchev–Trinajstić information content (AvgIpc) is 3.56. The van der Waals surface area contributed by atoms with E-state index in [0.29, 0.717) is 0 Å². The van der Waals surface area contributed by atoms with Gasteiger partial charge in [-0.15, -0.1) is 0 Å². The van der Waals surface area contributed by atoms with E-state index in [2.05, 4.69) is 40.1 Å². The molecule has 2 heterocycles. The number of benzene rings is 2. The number of carbonyl (C=O) groups excluding carboxylic acids is 3. The van der Waals surface area contributed by atoms with Gasteiger partial charge >= 0.3 is 17.9 Å². The predicted octanol–water partition coefficient (Wildman–Crippen LogP) is 3.44. The number of ether oxygens (including phenoxy) is 7. The van der Waals surface area contributed by atoms with Gasteiger partial charge in [0.1, 0.15) is 36.6 Å². The van der Waals surface area contributed by atoms with Crippen molar-refractivity contribution in [3.63, 3.8) is 0 Å². The molecule has 0 spiro atoms. The third-order valence-electron chi connectivity index (χ3n) is 9.63. The highest BCUT2D eigenvalue weighted by atomic mass is 16.8. The third kappa shape index (κ3) is 10.3. The first-order valence-electron chi connectivity index (χ1n) is 17.9. The van der Waals surface area contributed by atoms with Crippen LogP contribution in [0.1, 0.15) is 41.0 Å². The molecule has 25 heteroatoms. The van der Waals surface area contributed by atoms with Gasteiger partial charge in [0.2, 0.25) is 0 Å². The maximum absolute atomic E-state index is 13.7. The van der Waals surface area contributed by atoms with Crippen LogP contribution in [0.5, 0.6) is 0 Å². The van der Waals surface area contributed by atoms with E-state index in [1.807, 2.05) is 0 Å². The monoisotopic (exact) mass is 822 g/mol. The van der Waals surface area contributed by atoms with Gasteiger partial charge in [-0.25, -0.2) is 9.59 Å². The van der Waals surface area contributed by atoms with Gasteiger partial charge in [-0.2, -0.15) is 0 Å². The molecule has 15 atom stereocenters. The van der Waals surface area contributed by atoms with Gasteiger partial charge in [0.05, 0.1) is 48.1 Å². The second-order valence-electron chi connectivity index (χ2n) is 13.3. The van der Waals surface area contributed by atoms with Crippen molar-refractivity contribution in [3.8, 4) is 0 Å². The van der Waals surface area contributed by atoms with E-state index in [1.54, 1.807) is 36.4 Å². The molecule has 2 aromatic carbocycles. The summed E-state index contributed by atoms with van der Waals surface area (Å²) in [6.07, 6.45) is -18.9. The van der Waals surface area contributed by atoms with Crippen molar-refractivity contribution < 1.29 is 62.9 Å². The lowest BCUT2D eigenvalue weighted by atomic mass is 9.83. The van der Waals surface area contributed by atoms with Crippen LogP contribution < -0.4 is 0 Å². The number of aliphatic hydroxyl groups excluding tert-OH is 3. The lowest BCUT2D eigenvalue weighted by Gasteiger charge is -2.47. The summed E-state index contributed by atoms with van der Waals surface area (Å²) in [5.74, 6) is -2.78. The highest BCUT2D eigenvalue weighted by Gasteiger charge is 2.57. The molecule has 5 rings (SSSR count). The molecule has 25 nitrogen and oxygen atoms in total. The Bertz CT molecular complexity index is 2000. The summed E-state index contributed by atoms with van der Waals surface area (Å²) in [5.41, 5.74) is 38.0. The minimum atomic E-state index is -1.87. The Morgan fingerprint density at radius 3 is 1.78 bits per heavy atom. The van der Waals surface area contributed by atoms with Crippen LogP contribution in [0.25, 0.3) is 41.8 Å². The number of nitrogens with zero attached hydrogens (tertiary/aromatic N) is 12. The van der Waals surface area contributed by atoms with Crippen LogP contribution in [0.2, 0.25) is 0 Å². The van der Waals surface area contributed by atoms with Crippen molar-refractivity contribution in [1.82, 2.24) is 0 Å². The first-order valence-corrected chi connectivity index (χ1v) is 17.9. The Morgan fingerprint density at radius 1 is 0.712 bits per heavy atom. The quantitative estimate of drug-likeness (QED) is 0.0763. The first kappa shape index (κ1) is 43.9. The van der Waals surface area contributed by atoms with E-state index in [0.717, 1.165) is 6.92 Å². The normalized spacial score (nSPS) is 33.0. The number of hydrogen-bond donors (Lipinski definition) is 3. The molecule has 0 bridgehead atoms. The number of carbonyl (C=O) groups is 3. The maximum atomic E-state index is 13.7. The smallest absolute Gasteiger partial charge is 0.338 e. The van der Waals surface area contributed by atoms with E-state index in [-0.39, 0.29) is 17.5 Å². The van der Waals surface area contributed by atoms with Gasteiger partial charge < -0.3 is 48.5 Å². The molecule has 2 aliphatic heterocycles. The SMILES string of the molecule is CC(=O)O[C@H]1C(O[C@@H]2O[C@H]([C@H](C)N=[N+]=[N-])C(OC(=O)c3ccccc3)[C@@H]2OC(=O)c2ccccc2)[C@H](O[C@H]2OC(CO)[C@@H](O)C(O)C2N=[N+]=[N-])C(N=[N+]=[N-])C[C@H]1N=[N+]=[N-]. The highest BCUT2D eigenvalue weighted by molar-refractivity contribution is 5.90. The maximum Gasteiger partial charge on any atom is 0.338 e. The lowest BCUT2D eigenvalue weighted by Crippen LogP contribution is -2.64. The Balaban J connectivity index is 1.65. The van der Waals surface area contributed by atoms with Crippen molar-refractivity contribution in [2.45, 2.75) is 112 Å². The molecule has 3 fully saturated rings. The first-order chi connectivity index (χ1) is 28.4. The molecule has 2 aromatic rings. The van der Waals surface area contributed by atoms with Crippen LogP contribution in [-0.4, -0.2) is 132 Å². The van der Waals surface area contributed by atoms with Crippen LogP contribution in [0, 0.1) is 0 Å². The Hall–Kier alpha value is -6.19. The number of rotatable bonds is 15. The zero-order valence-corrected chi connectivity index (χ0v) is 31.1. The van der Waals surface area contributed by atoms with Gasteiger partial charge in [-0.3, -0.25) is 4.79 Å². The molecule has 1 aliphatic carbocycles. The average molecular weight is 823 g/mol. The van der Waals surface area contributed by atoms with Gasteiger partial charge in [0.15, 0.2) is 24.8 Å². The summed E-state index contributed by atoms with van der Waals surface area (Å²) in [5, 5.41) is 46.0. The van der Waals surface area contributed by atoms with E-state index < -0.39 is 116 Å². The van der Waals surface area contributed by atoms with E-state index in [1.165, 1.54) is 31.2 Å². The molecule has 3 aliphatic rings. The largest absolute Gasteiger partial charge is 0.459 e. The molecule has 0 radical (unpaired) electrons.